The molecule has 0 radical (unpaired) electrons. The number of quaternary nitrogens is 1. The maximum absolute atomic E-state index is 12.6. The highest BCUT2D eigenvalue weighted by molar-refractivity contribution is 5.76. The molecular weight excluding hydrogens is 362 g/mol. The summed E-state index contributed by atoms with van der Waals surface area (Å²) in [7, 11) is 0. The number of para-hydroxylation sites is 2. The van der Waals surface area contributed by atoms with Crippen molar-refractivity contribution in [1.82, 2.24) is 9.88 Å². The monoisotopic (exact) mass is 392 g/mol. The third-order valence-electron chi connectivity index (χ3n) is 5.81. The predicted molar refractivity (Wildman–Crippen MR) is 114 cm³/mol. The van der Waals surface area contributed by atoms with Gasteiger partial charge in [-0.2, -0.15) is 0 Å². The van der Waals surface area contributed by atoms with E-state index in [1.807, 2.05) is 29.2 Å². The van der Waals surface area contributed by atoms with Gasteiger partial charge in [0, 0.05) is 18.4 Å². The fourth-order valence-corrected chi connectivity index (χ4v) is 3.96. The van der Waals surface area contributed by atoms with Crippen LogP contribution in [0.2, 0.25) is 0 Å². The molecule has 2 heterocycles. The number of rotatable bonds is 6. The number of fused-ring (bicyclic) bond motifs is 1. The van der Waals surface area contributed by atoms with Crippen molar-refractivity contribution in [3.05, 3.63) is 65.5 Å². The van der Waals surface area contributed by atoms with Crippen molar-refractivity contribution >= 4 is 17.0 Å². The van der Waals surface area contributed by atoms with Gasteiger partial charge < -0.3 is 14.2 Å². The largest absolute Gasteiger partial charge is 0.441 e. The zero-order valence-corrected chi connectivity index (χ0v) is 17.4. The van der Waals surface area contributed by atoms with Crippen molar-refractivity contribution in [3.8, 4) is 0 Å². The maximum Gasteiger partial charge on any atom is 0.223 e. The molecule has 152 valence electrons. The first-order chi connectivity index (χ1) is 14.1. The van der Waals surface area contributed by atoms with Gasteiger partial charge in [0.05, 0.1) is 26.2 Å². The van der Waals surface area contributed by atoms with Gasteiger partial charge in [-0.3, -0.25) is 4.79 Å². The minimum absolute atomic E-state index is 0.201. The van der Waals surface area contributed by atoms with Gasteiger partial charge in [-0.15, -0.1) is 0 Å². The molecule has 1 saturated heterocycles. The number of carbonyl (C=O) groups is 1. The Bertz CT molecular complexity index is 921. The lowest BCUT2D eigenvalue weighted by atomic mass is 10.0. The molecular formula is C24H30N3O2+. The van der Waals surface area contributed by atoms with Crippen LogP contribution in [0.1, 0.15) is 43.2 Å². The Kier molecular flexibility index (Phi) is 5.95. The van der Waals surface area contributed by atoms with Crippen molar-refractivity contribution in [2.75, 3.05) is 26.2 Å². The molecule has 0 bridgehead atoms. The Balaban J connectivity index is 1.24. The number of hydrogen-bond acceptors (Lipinski definition) is 3. The lowest BCUT2D eigenvalue weighted by Crippen LogP contribution is -3.13. The summed E-state index contributed by atoms with van der Waals surface area (Å²) in [4.78, 5) is 20.6. The summed E-state index contributed by atoms with van der Waals surface area (Å²) in [5.74, 6) is 1.42. The van der Waals surface area contributed by atoms with Gasteiger partial charge >= 0.3 is 0 Å². The molecule has 29 heavy (non-hydrogen) atoms. The predicted octanol–water partition coefficient (Wildman–Crippen LogP) is 2.81. The van der Waals surface area contributed by atoms with E-state index in [1.54, 1.807) is 4.90 Å². The summed E-state index contributed by atoms with van der Waals surface area (Å²) in [6, 6.07) is 16.7. The number of carbonyl (C=O) groups excluding carboxylic acids is 1. The maximum atomic E-state index is 12.6. The first-order valence-corrected chi connectivity index (χ1v) is 10.6. The summed E-state index contributed by atoms with van der Waals surface area (Å²) >= 11 is 0. The lowest BCUT2D eigenvalue weighted by Gasteiger charge is -2.32. The van der Waals surface area contributed by atoms with E-state index in [-0.39, 0.29) is 5.91 Å². The van der Waals surface area contributed by atoms with Crippen molar-refractivity contribution in [1.29, 1.82) is 0 Å². The standard InChI is InChI=1S/C24H29N3O2/c1-18(2)20-9-7-19(8-10-20)17-26-13-15-27(16-14-26)24(28)12-11-23-25-21-5-3-4-6-22(21)29-23/h3-10,18H,11-17H2,1-2H3/p+1. The second-order valence-electron chi connectivity index (χ2n) is 8.28. The molecule has 1 fully saturated rings. The Labute approximate surface area is 172 Å². The highest BCUT2D eigenvalue weighted by atomic mass is 16.3. The molecule has 2 aromatic carbocycles. The third-order valence-corrected chi connectivity index (χ3v) is 5.81. The molecule has 1 aromatic heterocycles. The number of aryl methyl sites for hydroxylation is 1. The number of benzene rings is 2. The molecule has 4 rings (SSSR count). The number of hydrogen-bond donors (Lipinski definition) is 1. The van der Waals surface area contributed by atoms with Gasteiger partial charge in [0.15, 0.2) is 11.5 Å². The number of amides is 1. The van der Waals surface area contributed by atoms with Gasteiger partial charge in [-0.25, -0.2) is 4.98 Å². The second-order valence-corrected chi connectivity index (χ2v) is 8.28. The van der Waals surface area contributed by atoms with Gasteiger partial charge in [0.25, 0.3) is 0 Å². The molecule has 0 saturated carbocycles. The van der Waals surface area contributed by atoms with Crippen LogP contribution in [0.5, 0.6) is 0 Å². The van der Waals surface area contributed by atoms with E-state index in [9.17, 15) is 4.79 Å². The van der Waals surface area contributed by atoms with Crippen LogP contribution in [0.15, 0.2) is 52.9 Å². The van der Waals surface area contributed by atoms with Crippen LogP contribution in [0.25, 0.3) is 11.1 Å². The SMILES string of the molecule is CC(C)c1ccc(C[NH+]2CCN(C(=O)CCc3nc4ccccc4o3)CC2)cc1. The number of oxazole rings is 1. The molecule has 5 heteroatoms. The lowest BCUT2D eigenvalue weighted by molar-refractivity contribution is -0.917. The van der Waals surface area contributed by atoms with E-state index in [2.05, 4.69) is 43.1 Å². The first kappa shape index (κ1) is 19.6. The van der Waals surface area contributed by atoms with Gasteiger partial charge in [-0.05, 0) is 23.6 Å². The van der Waals surface area contributed by atoms with E-state index < -0.39 is 0 Å². The van der Waals surface area contributed by atoms with E-state index in [4.69, 9.17) is 4.42 Å². The molecule has 5 nitrogen and oxygen atoms in total. The molecule has 1 aliphatic rings. The summed E-state index contributed by atoms with van der Waals surface area (Å²) in [5, 5.41) is 0. The molecule has 0 spiro atoms. The summed E-state index contributed by atoms with van der Waals surface area (Å²) in [5.41, 5.74) is 4.40. The molecule has 3 aromatic rings. The number of nitrogens with zero attached hydrogens (tertiary/aromatic N) is 2. The van der Waals surface area contributed by atoms with Crippen LogP contribution in [0.4, 0.5) is 0 Å². The molecule has 1 aliphatic heterocycles. The van der Waals surface area contributed by atoms with Crippen LogP contribution in [0, 0.1) is 0 Å². The zero-order valence-electron chi connectivity index (χ0n) is 17.4. The quantitative estimate of drug-likeness (QED) is 0.702. The van der Waals surface area contributed by atoms with Crippen LogP contribution in [-0.2, 0) is 17.8 Å². The number of piperazine rings is 1. The summed E-state index contributed by atoms with van der Waals surface area (Å²) in [6.45, 7) is 9.13. The Hall–Kier alpha value is -2.66. The average Bonchev–Trinajstić information content (AvgIpc) is 3.16. The fourth-order valence-electron chi connectivity index (χ4n) is 3.96. The summed E-state index contributed by atoms with van der Waals surface area (Å²) in [6.07, 6.45) is 1.02. The molecule has 0 aliphatic carbocycles. The van der Waals surface area contributed by atoms with Crippen LogP contribution in [-0.4, -0.2) is 42.0 Å². The van der Waals surface area contributed by atoms with Crippen LogP contribution >= 0.6 is 0 Å². The van der Waals surface area contributed by atoms with E-state index in [0.717, 1.165) is 43.8 Å². The number of aromatic nitrogens is 1. The molecule has 0 atom stereocenters. The van der Waals surface area contributed by atoms with Crippen molar-refractivity contribution in [3.63, 3.8) is 0 Å². The zero-order chi connectivity index (χ0) is 20.2. The Morgan fingerprint density at radius 2 is 1.83 bits per heavy atom. The van der Waals surface area contributed by atoms with E-state index in [0.29, 0.717) is 24.7 Å². The first-order valence-electron chi connectivity index (χ1n) is 10.6. The van der Waals surface area contributed by atoms with Crippen molar-refractivity contribution in [2.45, 2.75) is 39.2 Å². The highest BCUT2D eigenvalue weighted by Gasteiger charge is 2.24. The molecule has 1 N–H and O–H groups in total. The highest BCUT2D eigenvalue weighted by Crippen LogP contribution is 2.16. The summed E-state index contributed by atoms with van der Waals surface area (Å²) < 4.78 is 5.73. The molecule has 1 amide bonds. The fraction of sp³-hybridized carbons (Fsp3) is 0.417. The Morgan fingerprint density at radius 3 is 2.52 bits per heavy atom. The van der Waals surface area contributed by atoms with Crippen LogP contribution < -0.4 is 4.90 Å². The van der Waals surface area contributed by atoms with Crippen molar-refractivity contribution in [2.24, 2.45) is 0 Å². The average molecular weight is 393 g/mol. The van der Waals surface area contributed by atoms with Gasteiger partial charge in [0.2, 0.25) is 5.91 Å². The minimum Gasteiger partial charge on any atom is -0.441 e. The smallest absolute Gasteiger partial charge is 0.223 e. The molecule has 0 unspecified atom stereocenters. The van der Waals surface area contributed by atoms with Gasteiger partial charge in [-0.1, -0.05) is 50.2 Å². The Morgan fingerprint density at radius 1 is 1.10 bits per heavy atom. The van der Waals surface area contributed by atoms with E-state index >= 15 is 0 Å². The van der Waals surface area contributed by atoms with Crippen LogP contribution in [0.3, 0.4) is 0 Å². The normalized spacial score (nSPS) is 15.3. The van der Waals surface area contributed by atoms with Crippen molar-refractivity contribution < 1.29 is 14.1 Å². The minimum atomic E-state index is 0.201. The van der Waals surface area contributed by atoms with E-state index in [1.165, 1.54) is 11.1 Å². The van der Waals surface area contributed by atoms with Gasteiger partial charge in [0.1, 0.15) is 12.1 Å². The number of nitrogens with one attached hydrogen (secondary N) is 1. The second kappa shape index (κ2) is 8.78. The third kappa shape index (κ3) is 4.85. The topological polar surface area (TPSA) is 50.8 Å².